The third-order valence-corrected chi connectivity index (χ3v) is 5.38. The Kier molecular flexibility index (Phi) is 6.68. The largest absolute Gasteiger partial charge is 0.573 e. The van der Waals surface area contributed by atoms with Gasteiger partial charge in [-0.3, -0.25) is 4.79 Å². The van der Waals surface area contributed by atoms with Gasteiger partial charge in [0, 0.05) is 12.0 Å². The Morgan fingerprint density at radius 2 is 1.81 bits per heavy atom. The molecule has 0 aliphatic carbocycles. The van der Waals surface area contributed by atoms with E-state index in [4.69, 9.17) is 11.6 Å². The number of aliphatic hydroxyl groups is 1. The number of carbonyl (C=O) groups is 1. The summed E-state index contributed by atoms with van der Waals surface area (Å²) in [6, 6.07) is 10.0. The zero-order chi connectivity index (χ0) is 22.8. The van der Waals surface area contributed by atoms with Crippen molar-refractivity contribution < 1.29 is 27.8 Å². The van der Waals surface area contributed by atoms with Crippen molar-refractivity contribution in [2.24, 2.45) is 0 Å². The lowest BCUT2D eigenvalue weighted by atomic mass is 9.99. The fourth-order valence-corrected chi connectivity index (χ4v) is 3.63. The van der Waals surface area contributed by atoms with E-state index in [1.54, 1.807) is 26.0 Å². The van der Waals surface area contributed by atoms with Crippen LogP contribution in [0.2, 0.25) is 4.34 Å². The molecule has 10 heteroatoms. The maximum atomic E-state index is 12.7. The first-order chi connectivity index (χ1) is 14.4. The van der Waals surface area contributed by atoms with Gasteiger partial charge in [0.05, 0.1) is 20.5 Å². The Hall–Kier alpha value is -2.49. The highest BCUT2D eigenvalue weighted by molar-refractivity contribution is 7.19. The van der Waals surface area contributed by atoms with Crippen LogP contribution in [-0.2, 0) is 0 Å². The number of thiophene rings is 1. The molecular formula is C21H18ClF3N2O3S. The van der Waals surface area contributed by atoms with Crippen molar-refractivity contribution in [1.29, 1.82) is 0 Å². The van der Waals surface area contributed by atoms with Crippen molar-refractivity contribution >= 4 is 28.7 Å². The van der Waals surface area contributed by atoms with Crippen molar-refractivity contribution in [3.05, 3.63) is 52.5 Å². The molecule has 2 aromatic heterocycles. The molecule has 3 rings (SSSR count). The predicted molar refractivity (Wildman–Crippen MR) is 112 cm³/mol. The fraction of sp³-hybridized carbons (Fsp3) is 0.286. The van der Waals surface area contributed by atoms with Crippen LogP contribution in [0.5, 0.6) is 5.75 Å². The first-order valence-electron chi connectivity index (χ1n) is 9.16. The average molecular weight is 471 g/mol. The van der Waals surface area contributed by atoms with Gasteiger partial charge in [0.25, 0.3) is 0 Å². The lowest BCUT2D eigenvalue weighted by Crippen LogP contribution is -2.20. The number of nitrogens with zero attached hydrogens (tertiary/aromatic N) is 2. The van der Waals surface area contributed by atoms with Gasteiger partial charge in [-0.05, 0) is 62.7 Å². The summed E-state index contributed by atoms with van der Waals surface area (Å²) in [6.07, 6.45) is -4.47. The number of benzene rings is 1. The monoisotopic (exact) mass is 470 g/mol. The van der Waals surface area contributed by atoms with Gasteiger partial charge in [0.15, 0.2) is 11.6 Å². The topological polar surface area (TPSA) is 72.3 Å². The van der Waals surface area contributed by atoms with Crippen molar-refractivity contribution in [3.8, 4) is 27.7 Å². The molecule has 0 spiro atoms. The second-order valence-corrected chi connectivity index (χ2v) is 9.09. The number of hydrogen-bond acceptors (Lipinski definition) is 6. The van der Waals surface area contributed by atoms with Crippen LogP contribution >= 0.6 is 22.9 Å². The molecule has 0 fully saturated rings. The number of halogens is 4. The van der Waals surface area contributed by atoms with Crippen molar-refractivity contribution in [2.45, 2.75) is 38.7 Å². The van der Waals surface area contributed by atoms with Gasteiger partial charge in [-0.1, -0.05) is 11.6 Å². The minimum absolute atomic E-state index is 0.0724. The quantitative estimate of drug-likeness (QED) is 0.419. The molecule has 0 saturated carbocycles. The van der Waals surface area contributed by atoms with Gasteiger partial charge >= 0.3 is 6.36 Å². The number of hydrogen-bond donors (Lipinski definition) is 1. The molecule has 31 heavy (non-hydrogen) atoms. The van der Waals surface area contributed by atoms with Crippen molar-refractivity contribution in [1.82, 2.24) is 9.97 Å². The van der Waals surface area contributed by atoms with Crippen LogP contribution in [0.25, 0.3) is 22.0 Å². The minimum atomic E-state index is -4.79. The third-order valence-electron chi connectivity index (χ3n) is 4.15. The highest BCUT2D eigenvalue weighted by Crippen LogP contribution is 2.32. The van der Waals surface area contributed by atoms with Crippen molar-refractivity contribution in [2.75, 3.05) is 0 Å². The van der Waals surface area contributed by atoms with Crippen LogP contribution in [-0.4, -0.2) is 32.8 Å². The molecule has 0 amide bonds. The molecule has 0 aliphatic rings. The molecule has 0 radical (unpaired) electrons. The molecule has 1 aromatic carbocycles. The maximum Gasteiger partial charge on any atom is 0.573 e. The standard InChI is InChI=1S/C21H18ClF3N2O3S/c1-20(2,29)10-9-16(28)15-11-14(26-19(27-15)17-7-8-18(22)31-17)12-3-5-13(6-4-12)30-21(23,24)25/h3-8,11,29H,9-10H2,1-2H3. The molecule has 0 atom stereocenters. The van der Waals surface area contributed by atoms with Crippen LogP contribution in [0.1, 0.15) is 37.2 Å². The van der Waals surface area contributed by atoms with Gasteiger partial charge in [0.1, 0.15) is 11.4 Å². The summed E-state index contributed by atoms with van der Waals surface area (Å²) in [5, 5.41) is 9.90. The van der Waals surface area contributed by atoms with E-state index >= 15 is 0 Å². The third kappa shape index (κ3) is 6.75. The second-order valence-electron chi connectivity index (χ2n) is 7.37. The predicted octanol–water partition coefficient (Wildman–Crippen LogP) is 6.16. The molecule has 2 heterocycles. The van der Waals surface area contributed by atoms with Gasteiger partial charge in [-0.2, -0.15) is 0 Å². The average Bonchev–Trinajstić information content (AvgIpc) is 3.11. The molecule has 5 nitrogen and oxygen atoms in total. The Morgan fingerprint density at radius 1 is 1.13 bits per heavy atom. The van der Waals surface area contributed by atoms with Gasteiger partial charge in [-0.25, -0.2) is 9.97 Å². The number of ether oxygens (including phenoxy) is 1. The number of ketones is 1. The van der Waals surface area contributed by atoms with E-state index in [0.717, 1.165) is 0 Å². The van der Waals surface area contributed by atoms with Gasteiger partial charge in [-0.15, -0.1) is 24.5 Å². The van der Waals surface area contributed by atoms with E-state index in [-0.39, 0.29) is 35.9 Å². The molecule has 0 bridgehead atoms. The zero-order valence-electron chi connectivity index (χ0n) is 16.5. The molecule has 0 aliphatic heterocycles. The van der Waals surface area contributed by atoms with E-state index in [9.17, 15) is 23.1 Å². The number of rotatable bonds is 7. The Morgan fingerprint density at radius 3 is 2.35 bits per heavy atom. The summed E-state index contributed by atoms with van der Waals surface area (Å²) >= 11 is 7.24. The number of aromatic nitrogens is 2. The summed E-state index contributed by atoms with van der Waals surface area (Å²) in [5.74, 6) is -0.375. The number of carbonyl (C=O) groups excluding carboxylic acids is 1. The summed E-state index contributed by atoms with van der Waals surface area (Å²) in [4.78, 5) is 22.1. The van der Waals surface area contributed by atoms with E-state index in [1.807, 2.05) is 0 Å². The molecule has 0 unspecified atom stereocenters. The minimum Gasteiger partial charge on any atom is -0.406 e. The first kappa shape index (κ1) is 23.2. The van der Waals surface area contributed by atoms with Crippen LogP contribution in [0.4, 0.5) is 13.2 Å². The van der Waals surface area contributed by atoms with Crippen LogP contribution < -0.4 is 4.74 Å². The first-order valence-corrected chi connectivity index (χ1v) is 10.4. The number of Topliss-reactive ketones (excluding diaryl/α,β-unsaturated/α-hetero) is 1. The van der Waals surface area contributed by atoms with E-state index in [0.29, 0.717) is 20.5 Å². The van der Waals surface area contributed by atoms with E-state index < -0.39 is 12.0 Å². The Balaban J connectivity index is 1.98. The molecule has 164 valence electrons. The van der Waals surface area contributed by atoms with Crippen LogP contribution in [0, 0.1) is 0 Å². The van der Waals surface area contributed by atoms with E-state index in [1.165, 1.54) is 41.7 Å². The summed E-state index contributed by atoms with van der Waals surface area (Å²) < 4.78 is 41.6. The molecule has 1 N–H and O–H groups in total. The summed E-state index contributed by atoms with van der Waals surface area (Å²) in [6.45, 7) is 3.21. The summed E-state index contributed by atoms with van der Waals surface area (Å²) in [7, 11) is 0. The highest BCUT2D eigenvalue weighted by atomic mass is 35.5. The van der Waals surface area contributed by atoms with Crippen LogP contribution in [0.15, 0.2) is 42.5 Å². The Labute approximate surface area is 185 Å². The molecule has 3 aromatic rings. The molecule has 0 saturated heterocycles. The lowest BCUT2D eigenvalue weighted by molar-refractivity contribution is -0.274. The normalized spacial score (nSPS) is 12.1. The van der Waals surface area contributed by atoms with Gasteiger partial charge < -0.3 is 9.84 Å². The SMILES string of the molecule is CC(C)(O)CCC(=O)c1cc(-c2ccc(OC(F)(F)F)cc2)nc(-c2ccc(Cl)s2)n1. The zero-order valence-corrected chi connectivity index (χ0v) is 18.1. The van der Waals surface area contributed by atoms with Gasteiger partial charge in [0.2, 0.25) is 0 Å². The second kappa shape index (κ2) is 8.94. The van der Waals surface area contributed by atoms with E-state index in [2.05, 4.69) is 14.7 Å². The molecular weight excluding hydrogens is 453 g/mol. The summed E-state index contributed by atoms with van der Waals surface area (Å²) in [5.41, 5.74) is -0.0225. The van der Waals surface area contributed by atoms with Crippen LogP contribution in [0.3, 0.4) is 0 Å². The fourth-order valence-electron chi connectivity index (χ4n) is 2.66. The smallest absolute Gasteiger partial charge is 0.406 e. The Bertz CT molecular complexity index is 1080. The highest BCUT2D eigenvalue weighted by Gasteiger charge is 2.31. The lowest BCUT2D eigenvalue weighted by Gasteiger charge is -2.16. The maximum absolute atomic E-state index is 12.7. The van der Waals surface area contributed by atoms with Crippen molar-refractivity contribution in [3.63, 3.8) is 0 Å². The number of alkyl halides is 3.